The highest BCUT2D eigenvalue weighted by Gasteiger charge is 2.10. The van der Waals surface area contributed by atoms with Crippen molar-refractivity contribution in [2.45, 2.75) is 13.5 Å². The summed E-state index contributed by atoms with van der Waals surface area (Å²) < 4.78 is 2.52. The first kappa shape index (κ1) is 11.1. The van der Waals surface area contributed by atoms with E-state index in [1.165, 1.54) is 0 Å². The molecule has 2 aromatic rings. The number of aryl methyl sites for hydroxylation is 1. The van der Waals surface area contributed by atoms with Crippen LogP contribution >= 0.6 is 15.9 Å². The maximum absolute atomic E-state index is 12.0. The number of hydrogen-bond acceptors (Lipinski definition) is 2. The van der Waals surface area contributed by atoms with Crippen molar-refractivity contribution < 1.29 is 4.79 Å². The van der Waals surface area contributed by atoms with Crippen LogP contribution in [0.25, 0.3) is 0 Å². The van der Waals surface area contributed by atoms with Gasteiger partial charge in [-0.15, -0.1) is 0 Å². The first-order chi connectivity index (χ1) is 7.68. The van der Waals surface area contributed by atoms with Gasteiger partial charge in [0.25, 0.3) is 0 Å². The van der Waals surface area contributed by atoms with Crippen LogP contribution < -0.4 is 0 Å². The van der Waals surface area contributed by atoms with E-state index in [9.17, 15) is 4.79 Å². The average molecular weight is 279 g/mol. The zero-order valence-electron chi connectivity index (χ0n) is 8.85. The van der Waals surface area contributed by atoms with Crippen molar-refractivity contribution in [3.05, 3.63) is 52.3 Å². The topological polar surface area (TPSA) is 34.9 Å². The predicted molar refractivity (Wildman–Crippen MR) is 65.4 cm³/mol. The second-order valence-corrected chi connectivity index (χ2v) is 4.39. The molecule has 0 saturated carbocycles. The SMILES string of the molecule is Cc1ccnn1CC(=O)c1ccccc1Br. The predicted octanol–water partition coefficient (Wildman–Crippen LogP) is 2.84. The molecule has 82 valence electrons. The van der Waals surface area contributed by atoms with Gasteiger partial charge in [0.05, 0.1) is 0 Å². The number of benzene rings is 1. The number of carbonyl (C=O) groups is 1. The van der Waals surface area contributed by atoms with Crippen LogP contribution in [-0.2, 0) is 6.54 Å². The van der Waals surface area contributed by atoms with Crippen molar-refractivity contribution in [2.75, 3.05) is 0 Å². The molecule has 0 spiro atoms. The van der Waals surface area contributed by atoms with Gasteiger partial charge in [-0.2, -0.15) is 5.10 Å². The minimum absolute atomic E-state index is 0.0549. The normalized spacial score (nSPS) is 10.4. The van der Waals surface area contributed by atoms with Gasteiger partial charge in [-0.1, -0.05) is 34.1 Å². The number of halogens is 1. The molecule has 16 heavy (non-hydrogen) atoms. The van der Waals surface area contributed by atoms with Crippen molar-refractivity contribution >= 4 is 21.7 Å². The Morgan fingerprint density at radius 3 is 2.75 bits per heavy atom. The summed E-state index contributed by atoms with van der Waals surface area (Å²) in [6.07, 6.45) is 1.70. The standard InChI is InChI=1S/C12H11BrN2O/c1-9-6-7-14-15(9)8-12(16)10-4-2-3-5-11(10)13/h2-7H,8H2,1H3. The Bertz CT molecular complexity index is 519. The lowest BCUT2D eigenvalue weighted by molar-refractivity contribution is 0.0966. The van der Waals surface area contributed by atoms with Gasteiger partial charge in [-0.3, -0.25) is 9.48 Å². The maximum Gasteiger partial charge on any atom is 0.185 e. The third-order valence-corrected chi connectivity index (χ3v) is 3.09. The van der Waals surface area contributed by atoms with Gasteiger partial charge in [-0.25, -0.2) is 0 Å². The number of rotatable bonds is 3. The quantitative estimate of drug-likeness (QED) is 0.810. The van der Waals surface area contributed by atoms with Crippen molar-refractivity contribution in [1.29, 1.82) is 0 Å². The second-order valence-electron chi connectivity index (χ2n) is 3.53. The van der Waals surface area contributed by atoms with Gasteiger partial charge in [0, 0.05) is 21.9 Å². The van der Waals surface area contributed by atoms with Crippen LogP contribution in [0.4, 0.5) is 0 Å². The van der Waals surface area contributed by atoms with E-state index < -0.39 is 0 Å². The van der Waals surface area contributed by atoms with Crippen LogP contribution in [0.3, 0.4) is 0 Å². The molecule has 0 aliphatic carbocycles. The minimum atomic E-state index is 0.0549. The molecule has 0 saturated heterocycles. The summed E-state index contributed by atoms with van der Waals surface area (Å²) in [4.78, 5) is 12.0. The smallest absolute Gasteiger partial charge is 0.185 e. The van der Waals surface area contributed by atoms with E-state index in [0.29, 0.717) is 5.56 Å². The van der Waals surface area contributed by atoms with Crippen molar-refractivity contribution in [1.82, 2.24) is 9.78 Å². The molecule has 1 aromatic carbocycles. The molecule has 3 nitrogen and oxygen atoms in total. The Balaban J connectivity index is 2.22. The molecular formula is C12H11BrN2O. The summed E-state index contributed by atoms with van der Waals surface area (Å²) in [5.74, 6) is 0.0549. The number of carbonyl (C=O) groups excluding carboxylic acids is 1. The fourth-order valence-electron chi connectivity index (χ4n) is 1.47. The minimum Gasteiger partial charge on any atom is -0.292 e. The zero-order valence-corrected chi connectivity index (χ0v) is 10.4. The molecule has 0 aliphatic heterocycles. The van der Waals surface area contributed by atoms with Crippen LogP contribution in [0.1, 0.15) is 16.1 Å². The molecule has 1 heterocycles. The van der Waals surface area contributed by atoms with Crippen LogP contribution in [0.15, 0.2) is 41.0 Å². The number of Topliss-reactive ketones (excluding diaryl/α,β-unsaturated/α-hetero) is 1. The van der Waals surface area contributed by atoms with E-state index in [-0.39, 0.29) is 12.3 Å². The van der Waals surface area contributed by atoms with Crippen LogP contribution in [0.5, 0.6) is 0 Å². The monoisotopic (exact) mass is 278 g/mol. The van der Waals surface area contributed by atoms with E-state index >= 15 is 0 Å². The fraction of sp³-hybridized carbons (Fsp3) is 0.167. The lowest BCUT2D eigenvalue weighted by atomic mass is 10.1. The molecule has 4 heteroatoms. The van der Waals surface area contributed by atoms with Gasteiger partial charge in [-0.05, 0) is 19.1 Å². The maximum atomic E-state index is 12.0. The second kappa shape index (κ2) is 4.61. The fourth-order valence-corrected chi connectivity index (χ4v) is 1.98. The number of hydrogen-bond donors (Lipinski definition) is 0. The van der Waals surface area contributed by atoms with E-state index in [2.05, 4.69) is 21.0 Å². The molecule has 2 rings (SSSR count). The Kier molecular flexibility index (Phi) is 3.19. The highest BCUT2D eigenvalue weighted by atomic mass is 79.9. The highest BCUT2D eigenvalue weighted by molar-refractivity contribution is 9.10. The molecule has 0 amide bonds. The number of ketones is 1. The van der Waals surface area contributed by atoms with Gasteiger partial charge >= 0.3 is 0 Å². The zero-order chi connectivity index (χ0) is 11.5. The van der Waals surface area contributed by atoms with Gasteiger partial charge < -0.3 is 0 Å². The molecule has 0 N–H and O–H groups in total. The third-order valence-electron chi connectivity index (χ3n) is 2.40. The van der Waals surface area contributed by atoms with E-state index in [0.717, 1.165) is 10.2 Å². The van der Waals surface area contributed by atoms with Crippen LogP contribution in [-0.4, -0.2) is 15.6 Å². The lowest BCUT2D eigenvalue weighted by Gasteiger charge is -2.05. The third kappa shape index (κ3) is 2.22. The number of aromatic nitrogens is 2. The van der Waals surface area contributed by atoms with Crippen molar-refractivity contribution in [3.63, 3.8) is 0 Å². The summed E-state index contributed by atoms with van der Waals surface area (Å²) in [6, 6.07) is 9.30. The van der Waals surface area contributed by atoms with Gasteiger partial charge in [0.1, 0.15) is 6.54 Å². The largest absolute Gasteiger partial charge is 0.292 e. The molecule has 0 radical (unpaired) electrons. The van der Waals surface area contributed by atoms with E-state index in [4.69, 9.17) is 0 Å². The van der Waals surface area contributed by atoms with Gasteiger partial charge in [0.2, 0.25) is 0 Å². The molecule has 0 fully saturated rings. The molecule has 0 unspecified atom stereocenters. The van der Waals surface area contributed by atoms with E-state index in [1.807, 2.05) is 37.3 Å². The Morgan fingerprint density at radius 1 is 1.38 bits per heavy atom. The average Bonchev–Trinajstić information content (AvgIpc) is 2.65. The van der Waals surface area contributed by atoms with Crippen molar-refractivity contribution in [3.8, 4) is 0 Å². The Morgan fingerprint density at radius 2 is 2.12 bits per heavy atom. The first-order valence-corrected chi connectivity index (χ1v) is 5.74. The summed E-state index contributed by atoms with van der Waals surface area (Å²) in [5.41, 5.74) is 1.68. The summed E-state index contributed by atoms with van der Waals surface area (Å²) in [6.45, 7) is 2.21. The van der Waals surface area contributed by atoms with Crippen molar-refractivity contribution in [2.24, 2.45) is 0 Å². The molecular weight excluding hydrogens is 268 g/mol. The number of nitrogens with zero attached hydrogens (tertiary/aromatic N) is 2. The summed E-state index contributed by atoms with van der Waals surface area (Å²) in [5, 5.41) is 4.09. The van der Waals surface area contributed by atoms with Crippen LogP contribution in [0.2, 0.25) is 0 Å². The molecule has 0 aliphatic rings. The van der Waals surface area contributed by atoms with Gasteiger partial charge in [0.15, 0.2) is 5.78 Å². The summed E-state index contributed by atoms with van der Waals surface area (Å²) in [7, 11) is 0. The van der Waals surface area contributed by atoms with E-state index in [1.54, 1.807) is 10.9 Å². The first-order valence-electron chi connectivity index (χ1n) is 4.94. The molecule has 1 aromatic heterocycles. The Hall–Kier alpha value is -1.42. The van der Waals surface area contributed by atoms with Crippen LogP contribution in [0, 0.1) is 6.92 Å². The summed E-state index contributed by atoms with van der Waals surface area (Å²) >= 11 is 3.37. The highest BCUT2D eigenvalue weighted by Crippen LogP contribution is 2.17. The lowest BCUT2D eigenvalue weighted by Crippen LogP contribution is -2.13. The Labute approximate surface area is 102 Å². The molecule has 0 atom stereocenters. The molecule has 0 bridgehead atoms.